The Kier molecular flexibility index (Phi) is 1.75. The molecule has 2 rings (SSSR count). The summed E-state index contributed by atoms with van der Waals surface area (Å²) >= 11 is 0. The second-order valence-electron chi connectivity index (χ2n) is 2.84. The van der Waals surface area contributed by atoms with Gasteiger partial charge in [-0.2, -0.15) is 0 Å². The summed E-state index contributed by atoms with van der Waals surface area (Å²) in [6, 6.07) is 9.35. The summed E-state index contributed by atoms with van der Waals surface area (Å²) in [7, 11) is 0. The second kappa shape index (κ2) is 2.77. The summed E-state index contributed by atoms with van der Waals surface area (Å²) in [5.41, 5.74) is 0. The Hall–Kier alpha value is -1.06. The van der Waals surface area contributed by atoms with E-state index in [1.807, 2.05) is 30.3 Å². The van der Waals surface area contributed by atoms with Crippen molar-refractivity contribution in [2.24, 2.45) is 0 Å². The maximum Gasteiger partial charge on any atom is 0.225 e. The van der Waals surface area contributed by atoms with E-state index >= 15 is 0 Å². The Bertz CT molecular complexity index is 254. The van der Waals surface area contributed by atoms with E-state index in [1.54, 1.807) is 0 Å². The van der Waals surface area contributed by atoms with Crippen LogP contribution >= 0.6 is 0 Å². The molecule has 1 unspecified atom stereocenters. The quantitative estimate of drug-likeness (QED) is 0.675. The van der Waals surface area contributed by atoms with Crippen LogP contribution in [0.5, 0.6) is 5.75 Å². The highest BCUT2D eigenvalue weighted by Crippen LogP contribution is 2.23. The molecule has 1 aliphatic rings. The number of para-hydroxylation sites is 1. The number of hydrogen-bond donors (Lipinski definition) is 1. The molecule has 64 valence electrons. The molecule has 1 saturated heterocycles. The zero-order valence-corrected chi connectivity index (χ0v) is 6.56. The van der Waals surface area contributed by atoms with Crippen LogP contribution in [0.2, 0.25) is 0 Å². The highest BCUT2D eigenvalue weighted by molar-refractivity contribution is 5.21. The molecule has 0 amide bonds. The molecule has 3 nitrogen and oxygen atoms in total. The van der Waals surface area contributed by atoms with Crippen molar-refractivity contribution in [3.8, 4) is 5.75 Å². The predicted molar refractivity (Wildman–Crippen MR) is 42.8 cm³/mol. The maximum absolute atomic E-state index is 9.24. The van der Waals surface area contributed by atoms with Gasteiger partial charge in [-0.25, -0.2) is 0 Å². The van der Waals surface area contributed by atoms with E-state index in [9.17, 15) is 5.11 Å². The van der Waals surface area contributed by atoms with E-state index in [2.05, 4.69) is 0 Å². The third kappa shape index (κ3) is 1.75. The standard InChI is InChI=1S/C9H10O3/c10-9(7-12-9)6-11-8-4-2-1-3-5-8/h1-5,10H,6-7H2. The molecule has 0 spiro atoms. The fourth-order valence-corrected chi connectivity index (χ4v) is 0.879. The van der Waals surface area contributed by atoms with Crippen molar-refractivity contribution in [1.82, 2.24) is 0 Å². The third-order valence-electron chi connectivity index (χ3n) is 1.69. The zero-order valence-electron chi connectivity index (χ0n) is 6.56. The van der Waals surface area contributed by atoms with Gasteiger partial charge in [-0.3, -0.25) is 0 Å². The first-order chi connectivity index (χ1) is 5.79. The van der Waals surface area contributed by atoms with Crippen LogP contribution in [0.1, 0.15) is 0 Å². The third-order valence-corrected chi connectivity index (χ3v) is 1.69. The van der Waals surface area contributed by atoms with Gasteiger partial charge >= 0.3 is 0 Å². The molecular formula is C9H10O3. The van der Waals surface area contributed by atoms with Crippen molar-refractivity contribution < 1.29 is 14.6 Å². The maximum atomic E-state index is 9.24. The van der Waals surface area contributed by atoms with E-state index < -0.39 is 5.79 Å². The summed E-state index contributed by atoms with van der Waals surface area (Å²) in [5.74, 6) is -0.267. The molecule has 12 heavy (non-hydrogen) atoms. The van der Waals surface area contributed by atoms with E-state index in [-0.39, 0.29) is 6.61 Å². The molecule has 1 aromatic carbocycles. The number of benzene rings is 1. The number of ether oxygens (including phenoxy) is 2. The minimum atomic E-state index is -1.02. The van der Waals surface area contributed by atoms with Gasteiger partial charge in [0.2, 0.25) is 5.79 Å². The van der Waals surface area contributed by atoms with Gasteiger partial charge in [0.1, 0.15) is 19.0 Å². The van der Waals surface area contributed by atoms with Crippen LogP contribution in [0.25, 0.3) is 0 Å². The van der Waals surface area contributed by atoms with Gasteiger partial charge in [0.05, 0.1) is 0 Å². The van der Waals surface area contributed by atoms with Gasteiger partial charge in [-0.1, -0.05) is 18.2 Å². The van der Waals surface area contributed by atoms with Crippen molar-refractivity contribution in [1.29, 1.82) is 0 Å². The van der Waals surface area contributed by atoms with Gasteiger partial charge in [-0.05, 0) is 12.1 Å². The molecule has 0 aromatic heterocycles. The van der Waals surface area contributed by atoms with E-state index in [4.69, 9.17) is 9.47 Å². The van der Waals surface area contributed by atoms with Gasteiger partial charge in [-0.15, -0.1) is 0 Å². The van der Waals surface area contributed by atoms with Gasteiger partial charge in [0.25, 0.3) is 0 Å². The molecule has 1 heterocycles. The highest BCUT2D eigenvalue weighted by Gasteiger charge is 2.43. The second-order valence-corrected chi connectivity index (χ2v) is 2.84. The number of hydrogen-bond acceptors (Lipinski definition) is 3. The lowest BCUT2D eigenvalue weighted by Crippen LogP contribution is -2.20. The molecule has 1 fully saturated rings. The molecule has 0 bridgehead atoms. The van der Waals surface area contributed by atoms with Crippen LogP contribution in [-0.2, 0) is 4.74 Å². The highest BCUT2D eigenvalue weighted by atomic mass is 16.7. The number of rotatable bonds is 3. The Labute approximate surface area is 70.5 Å². The molecular weight excluding hydrogens is 156 g/mol. The van der Waals surface area contributed by atoms with Crippen LogP contribution in [-0.4, -0.2) is 24.1 Å². The van der Waals surface area contributed by atoms with E-state index in [0.29, 0.717) is 6.61 Å². The lowest BCUT2D eigenvalue weighted by atomic mass is 10.3. The monoisotopic (exact) mass is 166 g/mol. The fraction of sp³-hybridized carbons (Fsp3) is 0.333. The average Bonchev–Trinajstić information content (AvgIpc) is 2.84. The molecule has 1 aliphatic heterocycles. The molecule has 0 aliphatic carbocycles. The normalized spacial score (nSPS) is 26.8. The average molecular weight is 166 g/mol. The smallest absolute Gasteiger partial charge is 0.225 e. The van der Waals surface area contributed by atoms with Crippen molar-refractivity contribution in [2.45, 2.75) is 5.79 Å². The van der Waals surface area contributed by atoms with Crippen LogP contribution < -0.4 is 4.74 Å². The van der Waals surface area contributed by atoms with E-state index in [1.165, 1.54) is 0 Å². The van der Waals surface area contributed by atoms with Gasteiger partial charge in [0, 0.05) is 0 Å². The summed E-state index contributed by atoms with van der Waals surface area (Å²) in [4.78, 5) is 0. The summed E-state index contributed by atoms with van der Waals surface area (Å²) in [6.07, 6.45) is 0. The van der Waals surface area contributed by atoms with Crippen LogP contribution in [0.3, 0.4) is 0 Å². The van der Waals surface area contributed by atoms with Crippen molar-refractivity contribution in [2.75, 3.05) is 13.2 Å². The van der Waals surface area contributed by atoms with Crippen LogP contribution in [0, 0.1) is 0 Å². The molecule has 1 N–H and O–H groups in total. The first-order valence-corrected chi connectivity index (χ1v) is 3.83. The van der Waals surface area contributed by atoms with Gasteiger partial charge < -0.3 is 14.6 Å². The lowest BCUT2D eigenvalue weighted by molar-refractivity contribution is -0.00430. The van der Waals surface area contributed by atoms with Gasteiger partial charge in [0.15, 0.2) is 0 Å². The number of epoxide rings is 1. The Morgan fingerprint density at radius 3 is 2.67 bits per heavy atom. The summed E-state index contributed by atoms with van der Waals surface area (Å²) in [5, 5.41) is 9.24. The first kappa shape index (κ1) is 7.58. The van der Waals surface area contributed by atoms with Crippen molar-refractivity contribution in [3.05, 3.63) is 30.3 Å². The lowest BCUT2D eigenvalue weighted by Gasteiger charge is -2.06. The van der Waals surface area contributed by atoms with Crippen LogP contribution in [0.4, 0.5) is 0 Å². The number of aliphatic hydroxyl groups is 1. The van der Waals surface area contributed by atoms with Crippen LogP contribution in [0.15, 0.2) is 30.3 Å². The largest absolute Gasteiger partial charge is 0.488 e. The van der Waals surface area contributed by atoms with Crippen molar-refractivity contribution in [3.63, 3.8) is 0 Å². The molecule has 1 aromatic rings. The molecule has 1 atom stereocenters. The first-order valence-electron chi connectivity index (χ1n) is 3.83. The van der Waals surface area contributed by atoms with Crippen molar-refractivity contribution >= 4 is 0 Å². The predicted octanol–water partition coefficient (Wildman–Crippen LogP) is 0.784. The zero-order chi connectivity index (χ0) is 8.44. The molecule has 0 saturated carbocycles. The topological polar surface area (TPSA) is 42.0 Å². The Balaban J connectivity index is 1.88. The fourth-order valence-electron chi connectivity index (χ4n) is 0.879. The Morgan fingerprint density at radius 2 is 2.08 bits per heavy atom. The summed E-state index contributed by atoms with van der Waals surface area (Å²) in [6.45, 7) is 0.580. The minimum Gasteiger partial charge on any atom is -0.488 e. The SMILES string of the molecule is OC1(COc2ccccc2)CO1. The Morgan fingerprint density at radius 1 is 1.42 bits per heavy atom. The molecule has 0 radical (unpaired) electrons. The molecule has 3 heteroatoms. The summed E-state index contributed by atoms with van der Waals surface area (Å²) < 4.78 is 10.0. The van der Waals surface area contributed by atoms with E-state index in [0.717, 1.165) is 5.75 Å². The minimum absolute atomic E-state index is 0.205.